The van der Waals surface area contributed by atoms with E-state index in [1.165, 1.54) is 6.26 Å². The summed E-state index contributed by atoms with van der Waals surface area (Å²) < 4.78 is 45.3. The van der Waals surface area contributed by atoms with Gasteiger partial charge in [0.1, 0.15) is 5.76 Å². The average molecular weight is 587 g/mol. The molecule has 0 aliphatic carbocycles. The molecule has 40 heavy (non-hydrogen) atoms. The van der Waals surface area contributed by atoms with Gasteiger partial charge >= 0.3 is 6.18 Å². The molecule has 0 unspecified atom stereocenters. The molecule has 4 rings (SSSR count). The molecule has 0 spiro atoms. The van der Waals surface area contributed by atoms with Crippen molar-refractivity contribution < 1.29 is 27.2 Å². The highest BCUT2D eigenvalue weighted by Gasteiger charge is 2.37. The van der Waals surface area contributed by atoms with Gasteiger partial charge in [-0.2, -0.15) is 18.4 Å². The number of nitriles is 1. The molecular weight excluding hydrogens is 565 g/mol. The summed E-state index contributed by atoms with van der Waals surface area (Å²) in [5.41, 5.74) is 0.866. The smallest absolute Gasteiger partial charge is 0.416 e. The summed E-state index contributed by atoms with van der Waals surface area (Å²) in [6.45, 7) is 3.49. The minimum absolute atomic E-state index is 0.0407. The number of benzene rings is 2. The Bertz CT molecular complexity index is 1560. The van der Waals surface area contributed by atoms with Gasteiger partial charge in [-0.1, -0.05) is 35.5 Å². The summed E-state index contributed by atoms with van der Waals surface area (Å²) in [4.78, 5) is 26.1. The van der Waals surface area contributed by atoms with Gasteiger partial charge in [0.25, 0.3) is 5.91 Å². The van der Waals surface area contributed by atoms with Crippen LogP contribution in [0.5, 0.6) is 0 Å². The molecule has 0 bridgehead atoms. The van der Waals surface area contributed by atoms with Crippen LogP contribution < -0.4 is 16.0 Å². The molecule has 206 valence electrons. The maximum atomic E-state index is 13.5. The number of carbonyl (C=O) groups excluding carboxylic acids is 2. The molecule has 2 heterocycles. The second-order valence-corrected chi connectivity index (χ2v) is 10.2. The second-order valence-electron chi connectivity index (χ2n) is 8.82. The highest BCUT2D eigenvalue weighted by Crippen LogP contribution is 2.42. The molecular formula is C28H22ClF3N4O3S. The fourth-order valence-electron chi connectivity index (χ4n) is 4.11. The molecule has 0 radical (unpaired) electrons. The van der Waals surface area contributed by atoms with Crippen LogP contribution in [0.25, 0.3) is 0 Å². The van der Waals surface area contributed by atoms with Gasteiger partial charge in [-0.25, -0.2) is 0 Å². The van der Waals surface area contributed by atoms with Gasteiger partial charge < -0.3 is 20.4 Å². The van der Waals surface area contributed by atoms with E-state index in [-0.39, 0.29) is 39.3 Å². The number of allylic oxidation sites excluding steroid dienone is 2. The molecule has 2 aromatic carbocycles. The summed E-state index contributed by atoms with van der Waals surface area (Å²) in [7, 11) is 0. The molecule has 0 saturated carbocycles. The Kier molecular flexibility index (Phi) is 8.61. The fraction of sp³-hybridized carbons (Fsp3) is 0.179. The first kappa shape index (κ1) is 28.9. The van der Waals surface area contributed by atoms with Gasteiger partial charge in [-0.05, 0) is 61.9 Å². The zero-order valence-electron chi connectivity index (χ0n) is 21.2. The normalized spacial score (nSPS) is 15.4. The molecule has 3 N–H and O–H groups in total. The van der Waals surface area contributed by atoms with Crippen molar-refractivity contribution in [2.45, 2.75) is 25.9 Å². The first-order valence-corrected chi connectivity index (χ1v) is 13.2. The van der Waals surface area contributed by atoms with E-state index in [1.807, 2.05) is 25.1 Å². The minimum atomic E-state index is -4.64. The Morgan fingerprint density at radius 2 is 1.90 bits per heavy atom. The SMILES string of the molecule is CC1=C(C(=O)Nc2cc(C(F)(F)F)ccc2Cl)[C@@H](c2ccco2)C(C#N)=C(SCC(=O)Nc2cccc(C)c2)N1. The summed E-state index contributed by atoms with van der Waals surface area (Å²) in [5, 5.41) is 18.6. The number of rotatable bonds is 7. The van der Waals surface area contributed by atoms with E-state index < -0.39 is 23.6 Å². The van der Waals surface area contributed by atoms with Crippen LogP contribution >= 0.6 is 23.4 Å². The zero-order valence-corrected chi connectivity index (χ0v) is 22.7. The number of carbonyl (C=O) groups is 2. The standard InChI is InChI=1S/C28H22ClF3N4O3S/c1-15-5-3-6-18(11-15)35-23(37)14-40-27-19(13-33)25(22-7-4-10-39-22)24(16(2)34-27)26(38)36-21-12-17(28(30,31)32)8-9-20(21)29/h3-12,25,34H,14H2,1-2H3,(H,35,37)(H,36,38)/t25-/m1/s1. The van der Waals surface area contributed by atoms with E-state index >= 15 is 0 Å². The minimum Gasteiger partial charge on any atom is -0.468 e. The Hall–Kier alpha value is -4.14. The number of dihydropyridines is 1. The number of amides is 2. The molecule has 1 atom stereocenters. The van der Waals surface area contributed by atoms with Crippen molar-refractivity contribution >= 4 is 46.6 Å². The number of anilines is 2. The van der Waals surface area contributed by atoms with Crippen molar-refractivity contribution in [3.8, 4) is 6.07 Å². The number of thioether (sulfide) groups is 1. The Morgan fingerprint density at radius 3 is 2.55 bits per heavy atom. The third-order valence-electron chi connectivity index (χ3n) is 5.91. The summed E-state index contributed by atoms with van der Waals surface area (Å²) >= 11 is 7.15. The lowest BCUT2D eigenvalue weighted by atomic mass is 9.85. The van der Waals surface area contributed by atoms with Gasteiger partial charge in [0, 0.05) is 11.4 Å². The molecule has 1 aliphatic rings. The number of aryl methyl sites for hydroxylation is 1. The predicted molar refractivity (Wildman–Crippen MR) is 147 cm³/mol. The third kappa shape index (κ3) is 6.52. The zero-order chi connectivity index (χ0) is 29.0. The second kappa shape index (κ2) is 11.9. The molecule has 12 heteroatoms. The monoisotopic (exact) mass is 586 g/mol. The van der Waals surface area contributed by atoms with E-state index in [1.54, 1.807) is 25.1 Å². The van der Waals surface area contributed by atoms with Crippen molar-refractivity contribution in [3.63, 3.8) is 0 Å². The van der Waals surface area contributed by atoms with E-state index in [2.05, 4.69) is 22.0 Å². The summed E-state index contributed by atoms with van der Waals surface area (Å²) in [6, 6.07) is 15.2. The number of furan rings is 1. The Morgan fingerprint density at radius 1 is 1.12 bits per heavy atom. The van der Waals surface area contributed by atoms with E-state index in [0.717, 1.165) is 35.5 Å². The van der Waals surface area contributed by atoms with Crippen molar-refractivity contribution in [1.82, 2.24) is 5.32 Å². The molecule has 1 aliphatic heterocycles. The van der Waals surface area contributed by atoms with Gasteiger partial charge in [-0.15, -0.1) is 0 Å². The van der Waals surface area contributed by atoms with Crippen LogP contribution in [0.2, 0.25) is 5.02 Å². The number of nitrogens with one attached hydrogen (secondary N) is 3. The molecule has 2 amide bonds. The summed E-state index contributed by atoms with van der Waals surface area (Å²) in [6.07, 6.45) is -3.26. The molecule has 1 aromatic heterocycles. The molecule has 0 fully saturated rings. The van der Waals surface area contributed by atoms with E-state index in [4.69, 9.17) is 16.0 Å². The van der Waals surface area contributed by atoms with Crippen LogP contribution in [-0.2, 0) is 15.8 Å². The predicted octanol–water partition coefficient (Wildman–Crippen LogP) is 6.97. The highest BCUT2D eigenvalue weighted by molar-refractivity contribution is 8.03. The molecule has 0 saturated heterocycles. The topological polar surface area (TPSA) is 107 Å². The fourth-order valence-corrected chi connectivity index (χ4v) is 5.17. The maximum Gasteiger partial charge on any atom is 0.416 e. The number of nitrogens with zero attached hydrogens (tertiary/aromatic N) is 1. The van der Waals surface area contributed by atoms with Crippen LogP contribution in [0.15, 0.2) is 87.1 Å². The lowest BCUT2D eigenvalue weighted by molar-refractivity contribution is -0.137. The van der Waals surface area contributed by atoms with E-state index in [9.17, 15) is 28.0 Å². The first-order chi connectivity index (χ1) is 19.0. The average Bonchev–Trinajstić information content (AvgIpc) is 3.42. The van der Waals surface area contributed by atoms with Crippen LogP contribution in [0.4, 0.5) is 24.5 Å². The van der Waals surface area contributed by atoms with Crippen LogP contribution in [0, 0.1) is 18.3 Å². The number of hydrogen-bond donors (Lipinski definition) is 3. The lowest BCUT2D eigenvalue weighted by Gasteiger charge is -2.28. The van der Waals surface area contributed by atoms with Crippen LogP contribution in [-0.4, -0.2) is 17.6 Å². The van der Waals surface area contributed by atoms with Gasteiger partial charge in [0.15, 0.2) is 0 Å². The Labute approximate surface area is 237 Å². The highest BCUT2D eigenvalue weighted by atomic mass is 35.5. The quantitative estimate of drug-likeness (QED) is 0.276. The van der Waals surface area contributed by atoms with Crippen molar-refractivity contribution in [2.24, 2.45) is 0 Å². The number of halogens is 4. The van der Waals surface area contributed by atoms with Crippen LogP contribution in [0.3, 0.4) is 0 Å². The van der Waals surface area contributed by atoms with Gasteiger partial charge in [-0.3, -0.25) is 9.59 Å². The molecule has 7 nitrogen and oxygen atoms in total. The lowest BCUT2D eigenvalue weighted by Crippen LogP contribution is -2.31. The van der Waals surface area contributed by atoms with E-state index in [0.29, 0.717) is 16.4 Å². The number of alkyl halides is 3. The third-order valence-corrected chi connectivity index (χ3v) is 7.26. The largest absolute Gasteiger partial charge is 0.468 e. The number of hydrogen-bond acceptors (Lipinski definition) is 6. The molecule has 3 aromatic rings. The first-order valence-electron chi connectivity index (χ1n) is 11.8. The van der Waals surface area contributed by atoms with Crippen molar-refractivity contribution in [3.05, 3.63) is 105 Å². The maximum absolute atomic E-state index is 13.5. The summed E-state index contributed by atoms with van der Waals surface area (Å²) in [5.74, 6) is -1.85. The van der Waals surface area contributed by atoms with Crippen LogP contribution in [0.1, 0.15) is 29.7 Å². The van der Waals surface area contributed by atoms with Gasteiger partial charge in [0.05, 0.1) is 56.5 Å². The van der Waals surface area contributed by atoms with Gasteiger partial charge in [0.2, 0.25) is 5.91 Å². The Balaban J connectivity index is 1.61. The van der Waals surface area contributed by atoms with Crippen molar-refractivity contribution in [1.29, 1.82) is 5.26 Å². The van der Waals surface area contributed by atoms with Crippen molar-refractivity contribution in [2.75, 3.05) is 16.4 Å².